The number of para-hydroxylation sites is 1. The van der Waals surface area contributed by atoms with Gasteiger partial charge in [-0.2, -0.15) is 0 Å². The first-order valence-electron chi connectivity index (χ1n) is 8.56. The molecule has 5 heteroatoms. The zero-order chi connectivity index (χ0) is 17.5. The van der Waals surface area contributed by atoms with Crippen LogP contribution in [0.15, 0.2) is 54.6 Å². The molecule has 0 bridgehead atoms. The average molecular weight is 371 g/mol. The first-order valence-corrected chi connectivity index (χ1v) is 9.95. The number of hydrogen-bond donors (Lipinski definition) is 1. The van der Waals surface area contributed by atoms with Crippen LogP contribution in [0.4, 0.5) is 5.69 Å². The van der Waals surface area contributed by atoms with E-state index in [0.29, 0.717) is 5.75 Å². The number of hydrogen-bond acceptors (Lipinski definition) is 3. The van der Waals surface area contributed by atoms with Crippen molar-refractivity contribution in [3.05, 3.63) is 65.7 Å². The van der Waals surface area contributed by atoms with Crippen LogP contribution >= 0.6 is 24.0 Å². The molecule has 1 fully saturated rings. The standard InChI is InChI=1S/C20H22N2OS2/c23-19(15-25-20(24)22-12-6-7-13-22)21-18-11-5-4-10-17(18)14-16-8-2-1-3-9-16/h1-5,8-11H,6-7,12-15H2,(H,21,23). The minimum absolute atomic E-state index is 0.00735. The zero-order valence-corrected chi connectivity index (χ0v) is 15.7. The number of benzene rings is 2. The van der Waals surface area contributed by atoms with E-state index in [-0.39, 0.29) is 5.91 Å². The Labute approximate surface area is 158 Å². The fourth-order valence-electron chi connectivity index (χ4n) is 2.92. The van der Waals surface area contributed by atoms with E-state index < -0.39 is 0 Å². The number of anilines is 1. The van der Waals surface area contributed by atoms with Gasteiger partial charge >= 0.3 is 0 Å². The van der Waals surface area contributed by atoms with Crippen molar-refractivity contribution in [3.63, 3.8) is 0 Å². The Morgan fingerprint density at radius 1 is 1.04 bits per heavy atom. The average Bonchev–Trinajstić information content (AvgIpc) is 3.17. The Morgan fingerprint density at radius 3 is 2.48 bits per heavy atom. The van der Waals surface area contributed by atoms with E-state index in [1.807, 2.05) is 36.4 Å². The third-order valence-electron chi connectivity index (χ3n) is 4.22. The number of carbonyl (C=O) groups is 1. The van der Waals surface area contributed by atoms with Crippen LogP contribution in [0.3, 0.4) is 0 Å². The van der Waals surface area contributed by atoms with E-state index in [2.05, 4.69) is 28.4 Å². The number of rotatable bonds is 5. The molecule has 1 saturated heterocycles. The van der Waals surface area contributed by atoms with Crippen LogP contribution in [-0.2, 0) is 11.2 Å². The predicted octanol–water partition coefficient (Wildman–Crippen LogP) is 4.33. The molecule has 3 nitrogen and oxygen atoms in total. The second-order valence-corrected chi connectivity index (χ2v) is 7.73. The Bertz CT molecular complexity index is 727. The predicted molar refractivity (Wildman–Crippen MR) is 110 cm³/mol. The molecule has 3 rings (SSSR count). The maximum absolute atomic E-state index is 12.3. The number of nitrogens with one attached hydrogen (secondary N) is 1. The van der Waals surface area contributed by atoms with Gasteiger partial charge in [-0.25, -0.2) is 0 Å². The second-order valence-electron chi connectivity index (χ2n) is 6.12. The summed E-state index contributed by atoms with van der Waals surface area (Å²) in [5.74, 6) is 0.349. The summed E-state index contributed by atoms with van der Waals surface area (Å²) in [5, 5.41) is 3.04. The molecule has 1 amide bonds. The van der Waals surface area contributed by atoms with Crippen LogP contribution in [0.5, 0.6) is 0 Å². The van der Waals surface area contributed by atoms with Gasteiger partial charge in [0, 0.05) is 18.8 Å². The first kappa shape index (κ1) is 18.0. The van der Waals surface area contributed by atoms with Gasteiger partial charge in [0.1, 0.15) is 4.32 Å². The Morgan fingerprint density at radius 2 is 1.72 bits per heavy atom. The quantitative estimate of drug-likeness (QED) is 0.794. The molecule has 2 aromatic carbocycles. The van der Waals surface area contributed by atoms with Crippen LogP contribution < -0.4 is 5.32 Å². The number of likely N-dealkylation sites (tertiary alicyclic amines) is 1. The van der Waals surface area contributed by atoms with Crippen LogP contribution in [0.1, 0.15) is 24.0 Å². The molecule has 2 aromatic rings. The molecule has 0 saturated carbocycles. The van der Waals surface area contributed by atoms with Gasteiger partial charge in [-0.15, -0.1) is 0 Å². The lowest BCUT2D eigenvalue weighted by atomic mass is 10.0. The smallest absolute Gasteiger partial charge is 0.234 e. The number of carbonyl (C=O) groups excluding carboxylic acids is 1. The van der Waals surface area contributed by atoms with Crippen LogP contribution in [-0.4, -0.2) is 34.0 Å². The Kier molecular flexibility index (Phi) is 6.48. The maximum atomic E-state index is 12.3. The highest BCUT2D eigenvalue weighted by molar-refractivity contribution is 8.23. The molecule has 0 aromatic heterocycles. The molecular weight excluding hydrogens is 348 g/mol. The van der Waals surface area contributed by atoms with Crippen molar-refractivity contribution in [1.82, 2.24) is 4.90 Å². The van der Waals surface area contributed by atoms with E-state index in [1.54, 1.807) is 0 Å². The molecular formula is C20H22N2OS2. The lowest BCUT2D eigenvalue weighted by molar-refractivity contribution is -0.113. The monoisotopic (exact) mass is 370 g/mol. The van der Waals surface area contributed by atoms with Gasteiger partial charge in [0.05, 0.1) is 5.75 Å². The Hall–Kier alpha value is -1.85. The van der Waals surface area contributed by atoms with Gasteiger partial charge in [-0.3, -0.25) is 4.79 Å². The lowest BCUT2D eigenvalue weighted by Crippen LogP contribution is -2.25. The van der Waals surface area contributed by atoms with Crippen molar-refractivity contribution in [2.45, 2.75) is 19.3 Å². The van der Waals surface area contributed by atoms with E-state index in [1.165, 1.54) is 30.2 Å². The highest BCUT2D eigenvalue weighted by atomic mass is 32.2. The summed E-state index contributed by atoms with van der Waals surface area (Å²) >= 11 is 6.87. The van der Waals surface area contributed by atoms with Crippen molar-refractivity contribution in [3.8, 4) is 0 Å². The van der Waals surface area contributed by atoms with Crippen LogP contribution in [0.2, 0.25) is 0 Å². The first-order chi connectivity index (χ1) is 12.2. The second kappa shape index (κ2) is 9.02. The number of amides is 1. The molecule has 1 heterocycles. The minimum atomic E-state index is -0.00735. The van der Waals surface area contributed by atoms with Crippen molar-refractivity contribution in [2.75, 3.05) is 24.2 Å². The van der Waals surface area contributed by atoms with Crippen LogP contribution in [0, 0.1) is 0 Å². The van der Waals surface area contributed by atoms with E-state index in [4.69, 9.17) is 12.2 Å². The van der Waals surface area contributed by atoms with Crippen molar-refractivity contribution in [1.29, 1.82) is 0 Å². The SMILES string of the molecule is O=C(CSC(=S)N1CCCC1)Nc1ccccc1Cc1ccccc1. The highest BCUT2D eigenvalue weighted by Gasteiger charge is 2.16. The summed E-state index contributed by atoms with van der Waals surface area (Å²) < 4.78 is 0.838. The van der Waals surface area contributed by atoms with Gasteiger partial charge in [-0.05, 0) is 36.5 Å². The van der Waals surface area contributed by atoms with Crippen molar-refractivity contribution >= 4 is 39.9 Å². The van der Waals surface area contributed by atoms with Gasteiger partial charge in [0.25, 0.3) is 0 Å². The molecule has 1 N–H and O–H groups in total. The summed E-state index contributed by atoms with van der Waals surface area (Å²) in [6.07, 6.45) is 3.19. The maximum Gasteiger partial charge on any atom is 0.234 e. The summed E-state index contributed by atoms with van der Waals surface area (Å²) in [4.78, 5) is 14.5. The highest BCUT2D eigenvalue weighted by Crippen LogP contribution is 2.20. The molecule has 0 atom stereocenters. The topological polar surface area (TPSA) is 32.3 Å². The van der Waals surface area contributed by atoms with Gasteiger partial charge in [0.15, 0.2) is 0 Å². The Balaban J connectivity index is 1.56. The zero-order valence-electron chi connectivity index (χ0n) is 14.1. The summed E-state index contributed by atoms with van der Waals surface area (Å²) in [5.41, 5.74) is 3.23. The summed E-state index contributed by atoms with van der Waals surface area (Å²) in [6, 6.07) is 18.3. The molecule has 130 valence electrons. The van der Waals surface area contributed by atoms with E-state index in [9.17, 15) is 4.79 Å². The normalized spacial score (nSPS) is 13.7. The van der Waals surface area contributed by atoms with E-state index >= 15 is 0 Å². The van der Waals surface area contributed by atoms with Crippen molar-refractivity contribution < 1.29 is 4.79 Å². The molecule has 0 radical (unpaired) electrons. The third-order valence-corrected chi connectivity index (χ3v) is 5.74. The van der Waals surface area contributed by atoms with Gasteiger partial charge < -0.3 is 10.2 Å². The number of thioether (sulfide) groups is 1. The van der Waals surface area contributed by atoms with Gasteiger partial charge in [-0.1, -0.05) is 72.5 Å². The summed E-state index contributed by atoms with van der Waals surface area (Å²) in [7, 11) is 0. The fraction of sp³-hybridized carbons (Fsp3) is 0.300. The molecule has 1 aliphatic heterocycles. The van der Waals surface area contributed by atoms with Crippen molar-refractivity contribution in [2.24, 2.45) is 0 Å². The lowest BCUT2D eigenvalue weighted by Gasteiger charge is -2.17. The molecule has 0 unspecified atom stereocenters. The number of nitrogens with zero attached hydrogens (tertiary/aromatic N) is 1. The largest absolute Gasteiger partial charge is 0.358 e. The summed E-state index contributed by atoms with van der Waals surface area (Å²) in [6.45, 7) is 2.04. The molecule has 1 aliphatic rings. The third kappa shape index (κ3) is 5.31. The minimum Gasteiger partial charge on any atom is -0.358 e. The molecule has 0 spiro atoms. The van der Waals surface area contributed by atoms with Crippen LogP contribution in [0.25, 0.3) is 0 Å². The van der Waals surface area contributed by atoms with Gasteiger partial charge in [0.2, 0.25) is 5.91 Å². The molecule has 0 aliphatic carbocycles. The fourth-order valence-corrected chi connectivity index (χ4v) is 3.97. The van der Waals surface area contributed by atoms with E-state index in [0.717, 1.165) is 35.1 Å². The molecule has 25 heavy (non-hydrogen) atoms. The number of thiocarbonyl (C=S) groups is 1.